The van der Waals surface area contributed by atoms with E-state index in [0.29, 0.717) is 5.46 Å². The molecular formula is C10H11BO2. The molecule has 0 unspecified atom stereocenters. The fourth-order valence-electron chi connectivity index (χ4n) is 1.85. The summed E-state index contributed by atoms with van der Waals surface area (Å²) in [5.74, 6) is 0. The fourth-order valence-corrected chi connectivity index (χ4v) is 1.85. The van der Waals surface area contributed by atoms with E-state index in [0.717, 1.165) is 17.6 Å². The van der Waals surface area contributed by atoms with E-state index in [4.69, 9.17) is 10.0 Å². The number of rotatable bonds is 1. The average Bonchev–Trinajstić information content (AvgIpc) is 2.48. The molecule has 0 fully saturated rings. The molecule has 0 atom stereocenters. The molecule has 13 heavy (non-hydrogen) atoms. The predicted molar refractivity (Wildman–Crippen MR) is 53.6 cm³/mol. The average molecular weight is 174 g/mol. The molecule has 0 spiro atoms. The van der Waals surface area contributed by atoms with Crippen LogP contribution in [0.4, 0.5) is 0 Å². The van der Waals surface area contributed by atoms with Gasteiger partial charge in [0.1, 0.15) is 0 Å². The number of hydrogen-bond donors (Lipinski definition) is 2. The Morgan fingerprint density at radius 1 is 1.31 bits per heavy atom. The van der Waals surface area contributed by atoms with E-state index in [9.17, 15) is 0 Å². The first-order valence-corrected chi connectivity index (χ1v) is 4.35. The highest BCUT2D eigenvalue weighted by atomic mass is 16.4. The lowest BCUT2D eigenvalue weighted by molar-refractivity contribution is 0.425. The Morgan fingerprint density at radius 3 is 2.77 bits per heavy atom. The molecule has 0 amide bonds. The molecular weight excluding hydrogens is 163 g/mol. The monoisotopic (exact) mass is 174 g/mol. The van der Waals surface area contributed by atoms with Gasteiger partial charge < -0.3 is 10.0 Å². The van der Waals surface area contributed by atoms with E-state index in [2.05, 4.69) is 6.08 Å². The van der Waals surface area contributed by atoms with Crippen molar-refractivity contribution in [3.05, 3.63) is 35.4 Å². The SMILES string of the molecule is CC1=CCc2cccc(B(O)O)c21. The Kier molecular flexibility index (Phi) is 1.98. The Bertz CT molecular complexity index is 369. The molecule has 0 aliphatic heterocycles. The first-order valence-electron chi connectivity index (χ1n) is 4.35. The molecule has 1 aliphatic rings. The molecule has 0 radical (unpaired) electrons. The van der Waals surface area contributed by atoms with Crippen molar-refractivity contribution in [3.63, 3.8) is 0 Å². The van der Waals surface area contributed by atoms with Crippen LogP contribution in [0.5, 0.6) is 0 Å². The van der Waals surface area contributed by atoms with Crippen molar-refractivity contribution in [2.75, 3.05) is 0 Å². The van der Waals surface area contributed by atoms with Gasteiger partial charge in [0.05, 0.1) is 0 Å². The molecule has 66 valence electrons. The highest BCUT2D eigenvalue weighted by Gasteiger charge is 2.21. The molecule has 0 saturated carbocycles. The van der Waals surface area contributed by atoms with Crippen molar-refractivity contribution >= 4 is 18.2 Å². The van der Waals surface area contributed by atoms with Crippen LogP contribution in [0.3, 0.4) is 0 Å². The molecule has 1 aromatic carbocycles. The molecule has 0 bridgehead atoms. The molecule has 2 rings (SSSR count). The normalized spacial score (nSPS) is 13.9. The zero-order valence-electron chi connectivity index (χ0n) is 7.49. The maximum atomic E-state index is 9.13. The van der Waals surface area contributed by atoms with Crippen LogP contribution in [0.1, 0.15) is 18.1 Å². The van der Waals surface area contributed by atoms with E-state index in [1.165, 1.54) is 5.56 Å². The predicted octanol–water partition coefficient (Wildman–Crippen LogP) is 0.326. The van der Waals surface area contributed by atoms with Crippen molar-refractivity contribution in [1.82, 2.24) is 0 Å². The van der Waals surface area contributed by atoms with Gasteiger partial charge in [0.2, 0.25) is 0 Å². The van der Waals surface area contributed by atoms with E-state index in [1.54, 1.807) is 6.07 Å². The lowest BCUT2D eigenvalue weighted by atomic mass is 9.75. The van der Waals surface area contributed by atoms with Crippen molar-refractivity contribution in [2.24, 2.45) is 0 Å². The van der Waals surface area contributed by atoms with Gasteiger partial charge in [-0.05, 0) is 35.5 Å². The summed E-state index contributed by atoms with van der Waals surface area (Å²) in [5, 5.41) is 18.3. The minimum absolute atomic E-state index is 0.615. The first-order chi connectivity index (χ1) is 6.20. The maximum Gasteiger partial charge on any atom is 0.489 e. The molecule has 3 heteroatoms. The van der Waals surface area contributed by atoms with Gasteiger partial charge in [0.25, 0.3) is 0 Å². The Balaban J connectivity index is 2.60. The van der Waals surface area contributed by atoms with Crippen molar-refractivity contribution in [2.45, 2.75) is 13.3 Å². The van der Waals surface area contributed by atoms with Crippen LogP contribution in [0.15, 0.2) is 24.3 Å². The first kappa shape index (κ1) is 8.54. The lowest BCUT2D eigenvalue weighted by Gasteiger charge is -2.08. The minimum atomic E-state index is -1.36. The third-order valence-corrected chi connectivity index (χ3v) is 2.48. The van der Waals surface area contributed by atoms with Gasteiger partial charge in [-0.15, -0.1) is 0 Å². The summed E-state index contributed by atoms with van der Waals surface area (Å²) in [4.78, 5) is 0. The van der Waals surface area contributed by atoms with Crippen LogP contribution in [0, 0.1) is 0 Å². The van der Waals surface area contributed by atoms with Gasteiger partial charge in [-0.3, -0.25) is 0 Å². The topological polar surface area (TPSA) is 40.5 Å². The van der Waals surface area contributed by atoms with E-state index in [1.807, 2.05) is 19.1 Å². The van der Waals surface area contributed by atoms with Crippen LogP contribution >= 0.6 is 0 Å². The highest BCUT2D eigenvalue weighted by Crippen LogP contribution is 2.24. The number of hydrogen-bond acceptors (Lipinski definition) is 2. The van der Waals surface area contributed by atoms with E-state index < -0.39 is 7.12 Å². The van der Waals surface area contributed by atoms with Crippen LogP contribution in [-0.4, -0.2) is 17.2 Å². The summed E-state index contributed by atoms with van der Waals surface area (Å²) in [6, 6.07) is 5.64. The third kappa shape index (κ3) is 1.30. The Labute approximate surface area is 77.7 Å². The molecule has 2 N–H and O–H groups in total. The van der Waals surface area contributed by atoms with Crippen molar-refractivity contribution in [1.29, 1.82) is 0 Å². The van der Waals surface area contributed by atoms with Gasteiger partial charge in [0, 0.05) is 0 Å². The second kappa shape index (κ2) is 3.02. The fraction of sp³-hybridized carbons (Fsp3) is 0.200. The summed E-state index contributed by atoms with van der Waals surface area (Å²) < 4.78 is 0. The lowest BCUT2D eigenvalue weighted by Crippen LogP contribution is -2.32. The van der Waals surface area contributed by atoms with Crippen LogP contribution in [-0.2, 0) is 6.42 Å². The third-order valence-electron chi connectivity index (χ3n) is 2.48. The number of allylic oxidation sites excluding steroid dienone is 2. The summed E-state index contributed by atoms with van der Waals surface area (Å²) in [6.07, 6.45) is 3.01. The summed E-state index contributed by atoms with van der Waals surface area (Å²) >= 11 is 0. The van der Waals surface area contributed by atoms with Gasteiger partial charge in [0.15, 0.2) is 0 Å². The van der Waals surface area contributed by atoms with Crippen LogP contribution in [0.25, 0.3) is 5.57 Å². The summed E-state index contributed by atoms with van der Waals surface area (Å²) in [5.41, 5.74) is 3.95. The van der Waals surface area contributed by atoms with E-state index >= 15 is 0 Å². The van der Waals surface area contributed by atoms with Crippen molar-refractivity contribution in [3.8, 4) is 0 Å². The second-order valence-electron chi connectivity index (χ2n) is 3.35. The minimum Gasteiger partial charge on any atom is -0.423 e. The van der Waals surface area contributed by atoms with Gasteiger partial charge in [-0.25, -0.2) is 0 Å². The maximum absolute atomic E-state index is 9.13. The number of benzene rings is 1. The van der Waals surface area contributed by atoms with Crippen molar-refractivity contribution < 1.29 is 10.0 Å². The van der Waals surface area contributed by atoms with Crippen LogP contribution < -0.4 is 5.46 Å². The molecule has 1 aromatic rings. The molecule has 0 saturated heterocycles. The van der Waals surface area contributed by atoms with E-state index in [-0.39, 0.29) is 0 Å². The van der Waals surface area contributed by atoms with Gasteiger partial charge in [-0.2, -0.15) is 0 Å². The van der Waals surface area contributed by atoms with Gasteiger partial charge >= 0.3 is 7.12 Å². The zero-order valence-corrected chi connectivity index (χ0v) is 7.49. The second-order valence-corrected chi connectivity index (χ2v) is 3.35. The summed E-state index contributed by atoms with van der Waals surface area (Å²) in [6.45, 7) is 2.00. The zero-order chi connectivity index (χ0) is 9.42. The summed E-state index contributed by atoms with van der Waals surface area (Å²) in [7, 11) is -1.36. The van der Waals surface area contributed by atoms with Gasteiger partial charge in [-0.1, -0.05) is 24.3 Å². The molecule has 2 nitrogen and oxygen atoms in total. The Hall–Kier alpha value is -1.06. The standard InChI is InChI=1S/C10H11BO2/c1-7-5-6-8-3-2-4-9(10(7)8)11(12)13/h2-5,12-13H,6H2,1H3. The molecule has 1 aliphatic carbocycles. The molecule has 0 heterocycles. The largest absolute Gasteiger partial charge is 0.489 e. The highest BCUT2D eigenvalue weighted by molar-refractivity contribution is 6.59. The Morgan fingerprint density at radius 2 is 2.08 bits per heavy atom. The van der Waals surface area contributed by atoms with Crippen LogP contribution in [0.2, 0.25) is 0 Å². The number of fused-ring (bicyclic) bond motifs is 1. The molecule has 0 aromatic heterocycles. The quantitative estimate of drug-likeness (QED) is 0.602. The smallest absolute Gasteiger partial charge is 0.423 e.